The summed E-state index contributed by atoms with van der Waals surface area (Å²) in [7, 11) is 0. The largest absolute Gasteiger partial charge is 0.309 e. The molecule has 0 unspecified atom stereocenters. The van der Waals surface area contributed by atoms with Gasteiger partial charge in [-0.25, -0.2) is 0 Å². The Bertz CT molecular complexity index is 1830. The smallest absolute Gasteiger partial charge is 0.0541 e. The van der Waals surface area contributed by atoms with Crippen LogP contribution in [0.5, 0.6) is 0 Å². The Morgan fingerprint density at radius 3 is 2.24 bits per heavy atom. The molecule has 2 heterocycles. The highest BCUT2D eigenvalue weighted by atomic mass is 32.1. The van der Waals surface area contributed by atoms with Crippen molar-refractivity contribution in [1.29, 1.82) is 0 Å². The lowest BCUT2D eigenvalue weighted by Crippen LogP contribution is -1.94. The molecule has 0 amide bonds. The Hall–Kier alpha value is -3.88. The fourth-order valence-corrected chi connectivity index (χ4v) is 6.40. The van der Waals surface area contributed by atoms with Crippen molar-refractivity contribution >= 4 is 53.3 Å². The molecule has 0 bridgehead atoms. The number of nitrogens with zero attached hydrogens (tertiary/aromatic N) is 1. The van der Waals surface area contributed by atoms with Crippen molar-refractivity contribution in [2.75, 3.05) is 0 Å². The molecule has 2 heteroatoms. The number of thiophene rings is 1. The molecule has 0 aliphatic heterocycles. The zero-order valence-electron chi connectivity index (χ0n) is 18.2. The average molecular weight is 440 g/mol. The van der Waals surface area contributed by atoms with E-state index >= 15 is 0 Å². The zero-order chi connectivity index (χ0) is 21.9. The summed E-state index contributed by atoms with van der Waals surface area (Å²) in [5, 5.41) is 5.27. The lowest BCUT2D eigenvalue weighted by atomic mass is 10.0. The Balaban J connectivity index is 1.53. The van der Waals surface area contributed by atoms with Crippen molar-refractivity contribution in [2.24, 2.45) is 0 Å². The second kappa shape index (κ2) is 7.06. The molecule has 0 atom stereocenters. The molecule has 7 aromatic rings. The van der Waals surface area contributed by atoms with Crippen molar-refractivity contribution in [3.63, 3.8) is 0 Å². The van der Waals surface area contributed by atoms with E-state index in [-0.39, 0.29) is 0 Å². The van der Waals surface area contributed by atoms with E-state index in [1.807, 2.05) is 11.3 Å². The van der Waals surface area contributed by atoms with Crippen LogP contribution in [0, 0.1) is 6.92 Å². The average Bonchev–Trinajstić information content (AvgIpc) is 3.39. The molecule has 0 saturated heterocycles. The molecule has 33 heavy (non-hydrogen) atoms. The van der Waals surface area contributed by atoms with Crippen LogP contribution in [0.25, 0.3) is 58.8 Å². The minimum absolute atomic E-state index is 1.21. The summed E-state index contributed by atoms with van der Waals surface area (Å²) in [6, 6.07) is 39.9. The molecule has 0 spiro atoms. The Morgan fingerprint density at radius 2 is 1.33 bits per heavy atom. The predicted octanol–water partition coefficient (Wildman–Crippen LogP) is 9.13. The topological polar surface area (TPSA) is 4.93 Å². The summed E-state index contributed by atoms with van der Waals surface area (Å²) in [5.41, 5.74) is 7.55. The standard InChI is InChI=1S/C31H21NS/c1-20-8-6-9-22(18-20)32-28-14-4-2-10-24(28)27-19-21(16-17-29(27)32)23-12-7-13-26-25-11-3-5-15-30(25)33-31(23)26/h2-19H,1H3. The van der Waals surface area contributed by atoms with Crippen LogP contribution in [-0.2, 0) is 0 Å². The summed E-state index contributed by atoms with van der Waals surface area (Å²) in [4.78, 5) is 0. The Kier molecular flexibility index (Phi) is 3.99. The third-order valence-corrected chi connectivity index (χ3v) is 7.87. The highest BCUT2D eigenvalue weighted by molar-refractivity contribution is 7.26. The van der Waals surface area contributed by atoms with E-state index in [0.29, 0.717) is 0 Å². The van der Waals surface area contributed by atoms with Crippen molar-refractivity contribution in [2.45, 2.75) is 6.92 Å². The van der Waals surface area contributed by atoms with E-state index in [2.05, 4.69) is 121 Å². The lowest BCUT2D eigenvalue weighted by Gasteiger charge is -2.09. The molecule has 5 aromatic carbocycles. The molecule has 0 fully saturated rings. The number of benzene rings is 5. The van der Waals surface area contributed by atoms with Gasteiger partial charge in [0.15, 0.2) is 0 Å². The van der Waals surface area contributed by atoms with E-state index < -0.39 is 0 Å². The third kappa shape index (κ3) is 2.78. The van der Waals surface area contributed by atoms with Crippen LogP contribution < -0.4 is 0 Å². The number of para-hydroxylation sites is 1. The van der Waals surface area contributed by atoms with E-state index in [9.17, 15) is 0 Å². The van der Waals surface area contributed by atoms with Crippen LogP contribution in [0.2, 0.25) is 0 Å². The van der Waals surface area contributed by atoms with Gasteiger partial charge >= 0.3 is 0 Å². The van der Waals surface area contributed by atoms with Gasteiger partial charge in [-0.1, -0.05) is 72.8 Å². The van der Waals surface area contributed by atoms with Crippen molar-refractivity contribution < 1.29 is 0 Å². The van der Waals surface area contributed by atoms with Crippen LogP contribution in [0.3, 0.4) is 0 Å². The normalized spacial score (nSPS) is 11.8. The molecule has 0 saturated carbocycles. The van der Waals surface area contributed by atoms with Crippen LogP contribution in [-0.4, -0.2) is 4.57 Å². The summed E-state index contributed by atoms with van der Waals surface area (Å²) >= 11 is 1.89. The second-order valence-electron chi connectivity index (χ2n) is 8.70. The lowest BCUT2D eigenvalue weighted by molar-refractivity contribution is 1.17. The van der Waals surface area contributed by atoms with Gasteiger partial charge in [0.25, 0.3) is 0 Å². The first-order chi connectivity index (χ1) is 16.3. The third-order valence-electron chi connectivity index (χ3n) is 6.65. The minimum atomic E-state index is 1.21. The first kappa shape index (κ1) is 18.7. The molecular weight excluding hydrogens is 418 g/mol. The maximum absolute atomic E-state index is 2.39. The summed E-state index contributed by atoms with van der Waals surface area (Å²) in [5.74, 6) is 0. The summed E-state index contributed by atoms with van der Waals surface area (Å²) in [6.07, 6.45) is 0. The van der Waals surface area contributed by atoms with Gasteiger partial charge < -0.3 is 4.57 Å². The summed E-state index contributed by atoms with van der Waals surface area (Å²) < 4.78 is 5.10. The molecule has 0 radical (unpaired) electrons. The first-order valence-corrected chi connectivity index (χ1v) is 12.1. The van der Waals surface area contributed by atoms with Crippen molar-refractivity contribution in [1.82, 2.24) is 4.57 Å². The van der Waals surface area contributed by atoms with Crippen LogP contribution >= 0.6 is 11.3 Å². The van der Waals surface area contributed by atoms with Crippen LogP contribution in [0.4, 0.5) is 0 Å². The van der Waals surface area contributed by atoms with E-state index in [1.54, 1.807) is 0 Å². The van der Waals surface area contributed by atoms with Crippen LogP contribution in [0.15, 0.2) is 109 Å². The van der Waals surface area contributed by atoms with Gasteiger partial charge in [-0.3, -0.25) is 0 Å². The fraction of sp³-hybridized carbons (Fsp3) is 0.0323. The highest BCUT2D eigenvalue weighted by Gasteiger charge is 2.15. The van der Waals surface area contributed by atoms with E-state index in [4.69, 9.17) is 0 Å². The fourth-order valence-electron chi connectivity index (χ4n) is 5.16. The van der Waals surface area contributed by atoms with E-state index in [0.717, 1.165) is 0 Å². The van der Waals surface area contributed by atoms with Gasteiger partial charge in [0.05, 0.1) is 11.0 Å². The van der Waals surface area contributed by atoms with Gasteiger partial charge in [0, 0.05) is 36.6 Å². The molecule has 2 aromatic heterocycles. The Labute approximate surface area is 196 Å². The van der Waals surface area contributed by atoms with Gasteiger partial charge in [0.2, 0.25) is 0 Å². The number of hydrogen-bond acceptors (Lipinski definition) is 1. The summed E-state index contributed by atoms with van der Waals surface area (Å²) in [6.45, 7) is 2.15. The molecule has 1 nitrogen and oxygen atoms in total. The van der Waals surface area contributed by atoms with Gasteiger partial charge in [0.1, 0.15) is 0 Å². The SMILES string of the molecule is Cc1cccc(-n2c3ccccc3c3cc(-c4cccc5c4sc4ccccc45)ccc32)c1. The van der Waals surface area contributed by atoms with E-state index in [1.165, 1.54) is 64.4 Å². The molecule has 0 aliphatic carbocycles. The number of hydrogen-bond donors (Lipinski definition) is 0. The Morgan fingerprint density at radius 1 is 0.576 bits per heavy atom. The first-order valence-electron chi connectivity index (χ1n) is 11.3. The van der Waals surface area contributed by atoms with Crippen molar-refractivity contribution in [3.05, 3.63) is 115 Å². The number of aromatic nitrogens is 1. The predicted molar refractivity (Wildman–Crippen MR) is 144 cm³/mol. The van der Waals surface area contributed by atoms with Gasteiger partial charge in [-0.2, -0.15) is 0 Å². The van der Waals surface area contributed by atoms with Gasteiger partial charge in [-0.15, -0.1) is 11.3 Å². The number of fused-ring (bicyclic) bond motifs is 6. The molecular formula is C31H21NS. The monoisotopic (exact) mass is 439 g/mol. The van der Waals surface area contributed by atoms with Gasteiger partial charge in [-0.05, 0) is 60.0 Å². The van der Waals surface area contributed by atoms with Crippen LogP contribution in [0.1, 0.15) is 5.56 Å². The quantitative estimate of drug-likeness (QED) is 0.253. The maximum Gasteiger partial charge on any atom is 0.0541 e. The molecule has 0 N–H and O–H groups in total. The zero-order valence-corrected chi connectivity index (χ0v) is 19.1. The highest BCUT2D eigenvalue weighted by Crippen LogP contribution is 2.41. The molecule has 0 aliphatic rings. The van der Waals surface area contributed by atoms with Crippen molar-refractivity contribution in [3.8, 4) is 16.8 Å². The minimum Gasteiger partial charge on any atom is -0.309 e. The molecule has 7 rings (SSSR count). The number of rotatable bonds is 2. The molecule has 156 valence electrons. The maximum atomic E-state index is 2.39. The number of aryl methyl sites for hydroxylation is 1. The second-order valence-corrected chi connectivity index (χ2v) is 9.76.